The van der Waals surface area contributed by atoms with Crippen molar-refractivity contribution in [1.82, 2.24) is 0 Å². The molecule has 0 saturated carbocycles. The van der Waals surface area contributed by atoms with Gasteiger partial charge in [0.15, 0.2) is 0 Å². The molecule has 0 aromatic heterocycles. The predicted octanol–water partition coefficient (Wildman–Crippen LogP) is 1.66. The second-order valence-electron chi connectivity index (χ2n) is 3.05. The number of hydrogen-bond donors (Lipinski definition) is 2. The normalized spacial score (nSPS) is 12.7. The highest BCUT2D eigenvalue weighted by molar-refractivity contribution is 7.80. The van der Waals surface area contributed by atoms with Gasteiger partial charge in [-0.1, -0.05) is 36.4 Å². The molecule has 0 bridgehead atoms. The molecular formula is C10H10N2O2S. The van der Waals surface area contributed by atoms with E-state index in [0.29, 0.717) is 5.69 Å². The topological polar surface area (TPSA) is 66.6 Å². The zero-order chi connectivity index (χ0) is 10.8. The Labute approximate surface area is 89.7 Å². The van der Waals surface area contributed by atoms with E-state index in [1.165, 1.54) is 0 Å². The van der Waals surface area contributed by atoms with Crippen molar-refractivity contribution in [1.29, 1.82) is 0 Å². The van der Waals surface area contributed by atoms with Gasteiger partial charge < -0.3 is 0 Å². The Balaban J connectivity index is 2.65. The van der Waals surface area contributed by atoms with Crippen molar-refractivity contribution in [3.8, 4) is 0 Å². The van der Waals surface area contributed by atoms with Crippen LogP contribution in [0.5, 0.6) is 0 Å². The maximum Gasteiger partial charge on any atom is 0.276 e. The SMILES string of the molecule is NN(c1cccc2ccccc12)S(=O)O. The fourth-order valence-corrected chi connectivity index (χ4v) is 1.81. The summed E-state index contributed by atoms with van der Waals surface area (Å²) in [4.78, 5) is 0. The zero-order valence-corrected chi connectivity index (χ0v) is 8.65. The van der Waals surface area contributed by atoms with E-state index in [1.807, 2.05) is 30.3 Å². The third kappa shape index (κ3) is 1.85. The lowest BCUT2D eigenvalue weighted by molar-refractivity contribution is 0.560. The van der Waals surface area contributed by atoms with Crippen LogP contribution in [-0.2, 0) is 11.3 Å². The van der Waals surface area contributed by atoms with Gasteiger partial charge in [0.1, 0.15) is 0 Å². The van der Waals surface area contributed by atoms with E-state index in [1.54, 1.807) is 12.1 Å². The molecule has 1 unspecified atom stereocenters. The summed E-state index contributed by atoms with van der Waals surface area (Å²) in [5, 5.41) is 1.83. The van der Waals surface area contributed by atoms with Crippen molar-refractivity contribution < 1.29 is 8.76 Å². The smallest absolute Gasteiger partial charge is 0.276 e. The Morgan fingerprint density at radius 2 is 1.80 bits per heavy atom. The van der Waals surface area contributed by atoms with Gasteiger partial charge in [-0.05, 0) is 11.5 Å². The highest BCUT2D eigenvalue weighted by Crippen LogP contribution is 2.25. The van der Waals surface area contributed by atoms with Crippen LogP contribution in [0.25, 0.3) is 10.8 Å². The van der Waals surface area contributed by atoms with E-state index in [4.69, 9.17) is 10.4 Å². The summed E-state index contributed by atoms with van der Waals surface area (Å²) in [5.74, 6) is 5.49. The van der Waals surface area contributed by atoms with Crippen LogP contribution in [0.4, 0.5) is 5.69 Å². The minimum absolute atomic E-state index is 0.536. The minimum Gasteiger partial charge on any atom is -0.288 e. The molecule has 0 aliphatic rings. The van der Waals surface area contributed by atoms with Crippen LogP contribution < -0.4 is 10.3 Å². The number of anilines is 1. The quantitative estimate of drug-likeness (QED) is 0.461. The molecule has 0 aliphatic heterocycles. The first-order valence-electron chi connectivity index (χ1n) is 4.33. The molecule has 0 fully saturated rings. The molecule has 0 spiro atoms. The molecule has 3 N–H and O–H groups in total. The average Bonchev–Trinajstić information content (AvgIpc) is 2.27. The van der Waals surface area contributed by atoms with Crippen LogP contribution in [0.15, 0.2) is 42.5 Å². The minimum atomic E-state index is -2.21. The van der Waals surface area contributed by atoms with Crippen LogP contribution >= 0.6 is 0 Å². The lowest BCUT2D eigenvalue weighted by Crippen LogP contribution is -2.32. The van der Waals surface area contributed by atoms with E-state index in [2.05, 4.69) is 0 Å². The van der Waals surface area contributed by atoms with Gasteiger partial charge in [0.25, 0.3) is 11.3 Å². The summed E-state index contributed by atoms with van der Waals surface area (Å²) in [5.41, 5.74) is 0.536. The third-order valence-corrected chi connectivity index (χ3v) is 2.71. The molecule has 15 heavy (non-hydrogen) atoms. The van der Waals surface area contributed by atoms with Crippen molar-refractivity contribution >= 4 is 27.7 Å². The first kappa shape index (κ1) is 10.1. The molecule has 2 aromatic carbocycles. The maximum absolute atomic E-state index is 10.9. The van der Waals surface area contributed by atoms with Crippen molar-refractivity contribution in [2.75, 3.05) is 4.41 Å². The van der Waals surface area contributed by atoms with Crippen LogP contribution in [0.2, 0.25) is 0 Å². The Bertz CT molecular complexity index is 510. The largest absolute Gasteiger partial charge is 0.288 e. The third-order valence-electron chi connectivity index (χ3n) is 2.17. The molecule has 0 heterocycles. The fourth-order valence-electron chi connectivity index (χ4n) is 1.48. The maximum atomic E-state index is 10.9. The number of fused-ring (bicyclic) bond motifs is 1. The van der Waals surface area contributed by atoms with Gasteiger partial charge in [-0.15, -0.1) is 0 Å². The zero-order valence-electron chi connectivity index (χ0n) is 7.83. The lowest BCUT2D eigenvalue weighted by atomic mass is 10.1. The standard InChI is InChI=1S/C10H10N2O2S/c11-12(15(13)14)10-7-3-5-8-4-1-2-6-9(8)10/h1-7H,11H2,(H,13,14). The second kappa shape index (κ2) is 3.98. The Kier molecular flexibility index (Phi) is 2.68. The van der Waals surface area contributed by atoms with Gasteiger partial charge >= 0.3 is 0 Å². The van der Waals surface area contributed by atoms with E-state index < -0.39 is 11.3 Å². The number of nitrogens with zero attached hydrogens (tertiary/aromatic N) is 1. The summed E-state index contributed by atoms with van der Waals surface area (Å²) in [6.45, 7) is 0. The number of nitrogens with two attached hydrogens (primary N) is 1. The van der Waals surface area contributed by atoms with Crippen molar-refractivity contribution in [2.45, 2.75) is 0 Å². The molecule has 1 atom stereocenters. The fraction of sp³-hybridized carbons (Fsp3) is 0. The van der Waals surface area contributed by atoms with Crippen LogP contribution in [0, 0.1) is 0 Å². The summed E-state index contributed by atoms with van der Waals surface area (Å²) < 4.78 is 20.6. The van der Waals surface area contributed by atoms with Crippen LogP contribution in [0.3, 0.4) is 0 Å². The molecular weight excluding hydrogens is 212 g/mol. The molecule has 4 nitrogen and oxygen atoms in total. The summed E-state index contributed by atoms with van der Waals surface area (Å²) in [6.07, 6.45) is 0. The van der Waals surface area contributed by atoms with Gasteiger partial charge in [-0.2, -0.15) is 0 Å². The first-order valence-corrected chi connectivity index (χ1v) is 5.40. The van der Waals surface area contributed by atoms with Crippen molar-refractivity contribution in [2.24, 2.45) is 5.84 Å². The van der Waals surface area contributed by atoms with Gasteiger partial charge in [0.05, 0.1) is 5.69 Å². The Morgan fingerprint density at radius 1 is 1.13 bits per heavy atom. The summed E-state index contributed by atoms with van der Waals surface area (Å²) >= 11 is -2.21. The van der Waals surface area contributed by atoms with Crippen LogP contribution in [0.1, 0.15) is 0 Å². The summed E-state index contributed by atoms with van der Waals surface area (Å²) in [6, 6.07) is 13.0. The molecule has 0 amide bonds. The Morgan fingerprint density at radius 3 is 2.53 bits per heavy atom. The molecule has 5 heteroatoms. The van der Waals surface area contributed by atoms with Gasteiger partial charge in [-0.3, -0.25) is 4.55 Å². The number of hydrogen-bond acceptors (Lipinski definition) is 2. The molecule has 0 aliphatic carbocycles. The average molecular weight is 222 g/mol. The number of hydrazine groups is 1. The second-order valence-corrected chi connectivity index (χ2v) is 3.91. The highest BCUT2D eigenvalue weighted by Gasteiger charge is 2.09. The summed E-state index contributed by atoms with van der Waals surface area (Å²) in [7, 11) is 0. The van der Waals surface area contributed by atoms with Crippen molar-refractivity contribution in [3.05, 3.63) is 42.5 Å². The lowest BCUT2D eigenvalue weighted by Gasteiger charge is -2.15. The predicted molar refractivity (Wildman–Crippen MR) is 61.4 cm³/mol. The molecule has 78 valence electrons. The van der Waals surface area contributed by atoms with Gasteiger partial charge in [0.2, 0.25) is 0 Å². The Hall–Kier alpha value is -1.43. The van der Waals surface area contributed by atoms with Crippen molar-refractivity contribution in [3.63, 3.8) is 0 Å². The highest BCUT2D eigenvalue weighted by atomic mass is 32.2. The van der Waals surface area contributed by atoms with Crippen LogP contribution in [-0.4, -0.2) is 8.76 Å². The van der Waals surface area contributed by atoms with E-state index in [9.17, 15) is 4.21 Å². The monoisotopic (exact) mass is 222 g/mol. The van der Waals surface area contributed by atoms with E-state index in [0.717, 1.165) is 15.2 Å². The molecule has 2 aromatic rings. The van der Waals surface area contributed by atoms with E-state index in [-0.39, 0.29) is 0 Å². The molecule has 0 radical (unpaired) electrons. The van der Waals surface area contributed by atoms with Gasteiger partial charge in [0, 0.05) is 5.39 Å². The van der Waals surface area contributed by atoms with Gasteiger partial charge in [-0.25, -0.2) is 14.5 Å². The number of rotatable bonds is 2. The molecule has 0 saturated heterocycles. The van der Waals surface area contributed by atoms with E-state index >= 15 is 0 Å². The first-order chi connectivity index (χ1) is 7.20. The molecule has 2 rings (SSSR count). The number of benzene rings is 2.